The number of carboxylic acid groups (broad SMARTS) is 1. The summed E-state index contributed by atoms with van der Waals surface area (Å²) in [5, 5.41) is 9.51. The summed E-state index contributed by atoms with van der Waals surface area (Å²) in [7, 11) is 0. The number of carbonyl (C=O) groups is 2. The summed E-state index contributed by atoms with van der Waals surface area (Å²) in [6.07, 6.45) is 2.87. The number of hydrogen-bond donors (Lipinski definition) is 2. The van der Waals surface area contributed by atoms with E-state index in [9.17, 15) is 14.7 Å². The van der Waals surface area contributed by atoms with Crippen LogP contribution >= 0.6 is 28.3 Å². The van der Waals surface area contributed by atoms with Crippen molar-refractivity contribution in [1.29, 1.82) is 0 Å². The van der Waals surface area contributed by atoms with Crippen molar-refractivity contribution in [3.8, 4) is 0 Å². The fourth-order valence-corrected chi connectivity index (χ4v) is 3.36. The van der Waals surface area contributed by atoms with E-state index in [0.29, 0.717) is 12.8 Å². The number of Topliss-reactive ketones (excluding diaryl/α,β-unsaturated/α-hetero) is 1. The van der Waals surface area contributed by atoms with Gasteiger partial charge in [-0.05, 0) is 37.5 Å². The fourth-order valence-electron chi connectivity index (χ4n) is 3.10. The quantitative estimate of drug-likeness (QED) is 0.821. The van der Waals surface area contributed by atoms with E-state index in [4.69, 9.17) is 5.73 Å². The zero-order valence-corrected chi connectivity index (χ0v) is 14.8. The van der Waals surface area contributed by atoms with Crippen molar-refractivity contribution in [2.45, 2.75) is 38.6 Å². The van der Waals surface area contributed by atoms with E-state index in [1.165, 1.54) is 0 Å². The number of nitrogens with two attached hydrogens (primary N) is 1. The average molecular weight is 391 g/mol. The Bertz CT molecular complexity index is 549. The summed E-state index contributed by atoms with van der Waals surface area (Å²) >= 11 is 3.34. The van der Waals surface area contributed by atoms with Gasteiger partial charge >= 0.3 is 5.97 Å². The highest BCUT2D eigenvalue weighted by atomic mass is 79.9. The Kier molecular flexibility index (Phi) is 6.59. The van der Waals surface area contributed by atoms with Crippen LogP contribution in [0.5, 0.6) is 0 Å². The maximum Gasteiger partial charge on any atom is 0.310 e. The zero-order chi connectivity index (χ0) is 15.6. The molecular weight excluding hydrogens is 370 g/mol. The van der Waals surface area contributed by atoms with E-state index < -0.39 is 23.3 Å². The Balaban J connectivity index is 0.00000242. The first kappa shape index (κ1) is 19.1. The van der Waals surface area contributed by atoms with Crippen LogP contribution in [-0.4, -0.2) is 16.9 Å². The van der Waals surface area contributed by atoms with E-state index >= 15 is 0 Å². The number of benzene rings is 1. The number of rotatable bonds is 4. The topological polar surface area (TPSA) is 80.4 Å². The summed E-state index contributed by atoms with van der Waals surface area (Å²) < 4.78 is 0.916. The molecule has 0 spiro atoms. The molecule has 1 aromatic carbocycles. The molecule has 1 aliphatic carbocycles. The molecule has 1 saturated carbocycles. The highest BCUT2D eigenvalue weighted by Crippen LogP contribution is 2.43. The fraction of sp³-hybridized carbons (Fsp3) is 0.500. The third-order valence-corrected chi connectivity index (χ3v) is 5.10. The van der Waals surface area contributed by atoms with Gasteiger partial charge in [-0.15, -0.1) is 12.4 Å². The predicted octanol–water partition coefficient (Wildman–Crippen LogP) is 3.72. The van der Waals surface area contributed by atoms with Gasteiger partial charge in [0.05, 0.1) is 11.5 Å². The van der Waals surface area contributed by atoms with Gasteiger partial charge in [-0.1, -0.05) is 40.9 Å². The lowest BCUT2D eigenvalue weighted by atomic mass is 9.64. The van der Waals surface area contributed by atoms with E-state index in [0.717, 1.165) is 22.9 Å². The summed E-state index contributed by atoms with van der Waals surface area (Å²) in [5.41, 5.74) is 5.81. The van der Waals surface area contributed by atoms with Crippen LogP contribution in [0, 0.1) is 11.3 Å². The number of halogens is 2. The number of carboxylic acids is 1. The van der Waals surface area contributed by atoms with Crippen LogP contribution in [0.3, 0.4) is 0 Å². The standard InChI is InChI=1S/C16H20BrNO3.ClH/c1-16(15(20)21)9-3-2-4-12(16)14(19)13(18)10-5-7-11(17)8-6-10;/h5-8,12-13H,2-4,9,18H2,1H3,(H,20,21);1H/t12-,13?,16+;/m0./s1. The third kappa shape index (κ3) is 3.70. The number of hydrogen-bond acceptors (Lipinski definition) is 3. The largest absolute Gasteiger partial charge is 0.481 e. The van der Waals surface area contributed by atoms with Gasteiger partial charge in [-0.25, -0.2) is 0 Å². The molecule has 22 heavy (non-hydrogen) atoms. The molecule has 1 unspecified atom stereocenters. The van der Waals surface area contributed by atoms with E-state index in [2.05, 4.69) is 15.9 Å². The molecule has 3 atom stereocenters. The highest BCUT2D eigenvalue weighted by Gasteiger charge is 2.47. The Labute approximate surface area is 145 Å². The second-order valence-electron chi connectivity index (χ2n) is 5.95. The van der Waals surface area contributed by atoms with Gasteiger partial charge in [0, 0.05) is 10.4 Å². The van der Waals surface area contributed by atoms with Crippen molar-refractivity contribution < 1.29 is 14.7 Å². The first-order chi connectivity index (χ1) is 9.86. The predicted molar refractivity (Wildman–Crippen MR) is 91.0 cm³/mol. The molecule has 0 aliphatic heterocycles. The second kappa shape index (κ2) is 7.57. The Morgan fingerprint density at radius 1 is 1.32 bits per heavy atom. The average Bonchev–Trinajstić information content (AvgIpc) is 2.47. The lowest BCUT2D eigenvalue weighted by molar-refractivity contribution is -0.157. The molecule has 0 saturated heterocycles. The molecule has 4 nitrogen and oxygen atoms in total. The van der Waals surface area contributed by atoms with E-state index in [1.54, 1.807) is 19.1 Å². The normalized spacial score (nSPS) is 25.9. The smallest absolute Gasteiger partial charge is 0.310 e. The van der Waals surface area contributed by atoms with Gasteiger partial charge in [-0.2, -0.15) is 0 Å². The van der Waals surface area contributed by atoms with Crippen LogP contribution < -0.4 is 5.73 Å². The first-order valence-corrected chi connectivity index (χ1v) is 7.94. The van der Waals surface area contributed by atoms with Crippen molar-refractivity contribution >= 4 is 40.1 Å². The van der Waals surface area contributed by atoms with Gasteiger partial charge in [0.1, 0.15) is 0 Å². The summed E-state index contributed by atoms with van der Waals surface area (Å²) in [4.78, 5) is 24.3. The molecule has 2 rings (SSSR count). The zero-order valence-electron chi connectivity index (χ0n) is 12.4. The van der Waals surface area contributed by atoms with Gasteiger partial charge in [0.25, 0.3) is 0 Å². The van der Waals surface area contributed by atoms with Crippen LogP contribution in [0.1, 0.15) is 44.2 Å². The third-order valence-electron chi connectivity index (χ3n) is 4.58. The molecule has 0 radical (unpaired) electrons. The van der Waals surface area contributed by atoms with Gasteiger partial charge in [-0.3, -0.25) is 9.59 Å². The summed E-state index contributed by atoms with van der Waals surface area (Å²) in [6.45, 7) is 1.67. The van der Waals surface area contributed by atoms with Crippen molar-refractivity contribution in [2.24, 2.45) is 17.1 Å². The monoisotopic (exact) mass is 389 g/mol. The van der Waals surface area contributed by atoms with Crippen LogP contribution in [0.4, 0.5) is 0 Å². The van der Waals surface area contributed by atoms with Crippen molar-refractivity contribution in [3.05, 3.63) is 34.3 Å². The molecule has 6 heteroatoms. The Morgan fingerprint density at radius 3 is 2.45 bits per heavy atom. The Hall–Kier alpha value is -0.910. The maximum atomic E-state index is 12.7. The minimum absolute atomic E-state index is 0. The SMILES string of the molecule is C[C@@]1(C(=O)O)CCCC[C@H]1C(=O)C(N)c1ccc(Br)cc1.Cl. The molecule has 1 aromatic rings. The minimum atomic E-state index is -0.998. The summed E-state index contributed by atoms with van der Waals surface area (Å²) in [5.74, 6) is -1.58. The number of carbonyl (C=O) groups excluding carboxylic acids is 1. The molecular formula is C16H21BrClNO3. The van der Waals surface area contributed by atoms with E-state index in [-0.39, 0.29) is 18.2 Å². The van der Waals surface area contributed by atoms with Crippen molar-refractivity contribution in [2.75, 3.05) is 0 Å². The lowest BCUT2D eigenvalue weighted by Gasteiger charge is -2.38. The number of ketones is 1. The highest BCUT2D eigenvalue weighted by molar-refractivity contribution is 9.10. The van der Waals surface area contributed by atoms with Crippen LogP contribution in [0.2, 0.25) is 0 Å². The van der Waals surface area contributed by atoms with Gasteiger partial charge in [0.2, 0.25) is 0 Å². The van der Waals surface area contributed by atoms with E-state index in [1.807, 2.05) is 12.1 Å². The lowest BCUT2D eigenvalue weighted by Crippen LogP contribution is -2.45. The van der Waals surface area contributed by atoms with Gasteiger partial charge in [0.15, 0.2) is 5.78 Å². The van der Waals surface area contributed by atoms with Crippen LogP contribution in [0.25, 0.3) is 0 Å². The molecule has 1 fully saturated rings. The van der Waals surface area contributed by atoms with Crippen LogP contribution in [-0.2, 0) is 9.59 Å². The second-order valence-corrected chi connectivity index (χ2v) is 6.87. The summed E-state index contributed by atoms with van der Waals surface area (Å²) in [6, 6.07) is 6.50. The van der Waals surface area contributed by atoms with Gasteiger partial charge < -0.3 is 10.8 Å². The molecule has 0 aromatic heterocycles. The first-order valence-electron chi connectivity index (χ1n) is 7.14. The number of aliphatic carboxylic acids is 1. The molecule has 1 aliphatic rings. The molecule has 0 heterocycles. The maximum absolute atomic E-state index is 12.7. The van der Waals surface area contributed by atoms with Crippen molar-refractivity contribution in [1.82, 2.24) is 0 Å². The Morgan fingerprint density at radius 2 is 1.91 bits per heavy atom. The minimum Gasteiger partial charge on any atom is -0.481 e. The molecule has 122 valence electrons. The van der Waals surface area contributed by atoms with Crippen LogP contribution in [0.15, 0.2) is 28.7 Å². The molecule has 0 amide bonds. The molecule has 0 bridgehead atoms. The van der Waals surface area contributed by atoms with Crippen molar-refractivity contribution in [3.63, 3.8) is 0 Å². The molecule has 3 N–H and O–H groups in total.